The predicted octanol–water partition coefficient (Wildman–Crippen LogP) is 3.10. The Kier molecular flexibility index (Phi) is 3.05. The van der Waals surface area contributed by atoms with Crippen molar-refractivity contribution in [3.8, 4) is 5.75 Å². The predicted molar refractivity (Wildman–Crippen MR) is 68.7 cm³/mol. The van der Waals surface area contributed by atoms with Crippen LogP contribution in [0.25, 0.3) is 5.65 Å². The highest BCUT2D eigenvalue weighted by Gasteiger charge is 2.07. The Labute approximate surface area is 113 Å². The van der Waals surface area contributed by atoms with Crippen LogP contribution in [0, 0.1) is 5.82 Å². The third kappa shape index (κ3) is 2.51. The van der Waals surface area contributed by atoms with E-state index in [0.29, 0.717) is 22.2 Å². The molecule has 0 aliphatic heterocycles. The lowest BCUT2D eigenvalue weighted by Gasteiger charge is -2.02. The molecule has 0 amide bonds. The molecule has 4 nitrogen and oxygen atoms in total. The maximum Gasteiger partial charge on any atom is 0.189 e. The van der Waals surface area contributed by atoms with Gasteiger partial charge in [0, 0.05) is 6.20 Å². The number of aromatic nitrogens is 3. The van der Waals surface area contributed by atoms with E-state index in [-0.39, 0.29) is 12.4 Å². The van der Waals surface area contributed by atoms with Crippen LogP contribution >= 0.6 is 11.6 Å². The van der Waals surface area contributed by atoms with Gasteiger partial charge in [-0.3, -0.25) is 0 Å². The Morgan fingerprint density at radius 3 is 2.74 bits per heavy atom. The second-order valence-corrected chi connectivity index (χ2v) is 4.30. The van der Waals surface area contributed by atoms with Crippen LogP contribution in [0.2, 0.25) is 5.02 Å². The number of nitrogens with zero attached hydrogens (tertiary/aromatic N) is 3. The smallest absolute Gasteiger partial charge is 0.189 e. The number of halogens is 2. The van der Waals surface area contributed by atoms with Crippen LogP contribution in [0.3, 0.4) is 0 Å². The van der Waals surface area contributed by atoms with Crippen molar-refractivity contribution in [2.75, 3.05) is 0 Å². The Morgan fingerprint density at radius 2 is 2.00 bits per heavy atom. The van der Waals surface area contributed by atoms with E-state index in [2.05, 4.69) is 10.1 Å². The molecule has 0 radical (unpaired) electrons. The summed E-state index contributed by atoms with van der Waals surface area (Å²) in [7, 11) is 0. The number of hydrogen-bond donors (Lipinski definition) is 0. The monoisotopic (exact) mass is 277 g/mol. The largest absolute Gasteiger partial charge is 0.486 e. The van der Waals surface area contributed by atoms with Crippen LogP contribution in [0.15, 0.2) is 42.6 Å². The highest BCUT2D eigenvalue weighted by atomic mass is 35.5. The molecule has 3 aromatic rings. The van der Waals surface area contributed by atoms with Gasteiger partial charge < -0.3 is 4.74 Å². The lowest BCUT2D eigenvalue weighted by molar-refractivity contribution is 0.295. The van der Waals surface area contributed by atoms with Crippen molar-refractivity contribution in [3.05, 3.63) is 59.3 Å². The Balaban J connectivity index is 1.78. The summed E-state index contributed by atoms with van der Waals surface area (Å²) < 4.78 is 19.8. The van der Waals surface area contributed by atoms with Gasteiger partial charge >= 0.3 is 0 Å². The molecular formula is C13H9ClFN3O. The summed E-state index contributed by atoms with van der Waals surface area (Å²) in [6, 6.07) is 9.31. The summed E-state index contributed by atoms with van der Waals surface area (Å²) in [5.41, 5.74) is 0.585. The van der Waals surface area contributed by atoms with Crippen LogP contribution in [-0.2, 0) is 6.61 Å². The average Bonchev–Trinajstić information content (AvgIpc) is 2.83. The van der Waals surface area contributed by atoms with Gasteiger partial charge in [-0.25, -0.2) is 13.9 Å². The van der Waals surface area contributed by atoms with Gasteiger partial charge in [0.2, 0.25) is 0 Å². The third-order valence-electron chi connectivity index (χ3n) is 2.54. The van der Waals surface area contributed by atoms with E-state index in [1.165, 1.54) is 12.1 Å². The molecule has 0 bridgehead atoms. The van der Waals surface area contributed by atoms with Crippen LogP contribution in [-0.4, -0.2) is 14.6 Å². The Bertz CT molecular complexity index is 711. The second-order valence-electron chi connectivity index (χ2n) is 3.89. The van der Waals surface area contributed by atoms with E-state index in [9.17, 15) is 4.39 Å². The number of benzene rings is 1. The lowest BCUT2D eigenvalue weighted by atomic mass is 10.3. The van der Waals surface area contributed by atoms with E-state index >= 15 is 0 Å². The van der Waals surface area contributed by atoms with E-state index in [4.69, 9.17) is 16.3 Å². The molecule has 2 heterocycles. The number of hydrogen-bond acceptors (Lipinski definition) is 3. The van der Waals surface area contributed by atoms with Gasteiger partial charge in [0.25, 0.3) is 0 Å². The van der Waals surface area contributed by atoms with Gasteiger partial charge in [-0.15, -0.1) is 5.10 Å². The van der Waals surface area contributed by atoms with Crippen molar-refractivity contribution in [1.82, 2.24) is 14.6 Å². The minimum Gasteiger partial charge on any atom is -0.486 e. The van der Waals surface area contributed by atoms with Gasteiger partial charge in [-0.1, -0.05) is 11.6 Å². The summed E-state index contributed by atoms with van der Waals surface area (Å²) in [4.78, 5) is 4.27. The zero-order valence-electron chi connectivity index (χ0n) is 9.75. The molecule has 0 saturated carbocycles. The summed E-state index contributed by atoms with van der Waals surface area (Å²) in [6.45, 7) is 0.198. The first-order chi connectivity index (χ1) is 9.22. The second kappa shape index (κ2) is 4.85. The fourth-order valence-electron chi connectivity index (χ4n) is 1.66. The maximum absolute atomic E-state index is 12.7. The van der Waals surface area contributed by atoms with Crippen molar-refractivity contribution in [2.24, 2.45) is 0 Å². The van der Waals surface area contributed by atoms with Crippen molar-refractivity contribution >= 4 is 17.2 Å². The highest BCUT2D eigenvalue weighted by molar-refractivity contribution is 6.33. The van der Waals surface area contributed by atoms with Gasteiger partial charge in [-0.2, -0.15) is 0 Å². The number of rotatable bonds is 3. The van der Waals surface area contributed by atoms with Crippen LogP contribution in [0.5, 0.6) is 5.75 Å². The molecule has 96 valence electrons. The summed E-state index contributed by atoms with van der Waals surface area (Å²) >= 11 is 6.00. The molecule has 0 aliphatic rings. The van der Waals surface area contributed by atoms with Gasteiger partial charge in [0.1, 0.15) is 18.2 Å². The van der Waals surface area contributed by atoms with Crippen molar-refractivity contribution < 1.29 is 9.13 Å². The maximum atomic E-state index is 12.7. The molecule has 0 spiro atoms. The first kappa shape index (κ1) is 11.9. The molecule has 19 heavy (non-hydrogen) atoms. The molecule has 1 aromatic carbocycles. The lowest BCUT2D eigenvalue weighted by Crippen LogP contribution is -1.98. The zero-order chi connectivity index (χ0) is 13.2. The number of fused-ring (bicyclic) bond motifs is 1. The molecule has 2 aromatic heterocycles. The van der Waals surface area contributed by atoms with Gasteiger partial charge in [0.15, 0.2) is 11.5 Å². The molecular weight excluding hydrogens is 269 g/mol. The SMILES string of the molecule is Fc1ccc(OCc2nc3c(Cl)cccn3n2)cc1. The molecule has 0 N–H and O–H groups in total. The van der Waals surface area contributed by atoms with Crippen LogP contribution in [0.1, 0.15) is 5.82 Å². The minimum atomic E-state index is -0.301. The van der Waals surface area contributed by atoms with E-state index in [0.717, 1.165) is 0 Å². The van der Waals surface area contributed by atoms with Crippen molar-refractivity contribution in [1.29, 1.82) is 0 Å². The number of ether oxygens (including phenoxy) is 1. The fraction of sp³-hybridized carbons (Fsp3) is 0.0769. The normalized spacial score (nSPS) is 10.8. The molecule has 0 saturated heterocycles. The molecule has 6 heteroatoms. The summed E-state index contributed by atoms with van der Waals surface area (Å²) in [5.74, 6) is 0.772. The van der Waals surface area contributed by atoms with Crippen molar-refractivity contribution in [3.63, 3.8) is 0 Å². The van der Waals surface area contributed by atoms with Crippen LogP contribution in [0.4, 0.5) is 4.39 Å². The minimum absolute atomic E-state index is 0.198. The molecule has 0 fully saturated rings. The van der Waals surface area contributed by atoms with Gasteiger partial charge in [-0.05, 0) is 36.4 Å². The summed E-state index contributed by atoms with van der Waals surface area (Å²) in [6.07, 6.45) is 1.76. The van der Waals surface area contributed by atoms with Gasteiger partial charge in [0.05, 0.1) is 5.02 Å². The topological polar surface area (TPSA) is 39.4 Å². The van der Waals surface area contributed by atoms with E-state index in [1.807, 2.05) is 0 Å². The molecule has 3 rings (SSSR count). The molecule has 0 atom stereocenters. The Hall–Kier alpha value is -2.14. The zero-order valence-corrected chi connectivity index (χ0v) is 10.5. The quantitative estimate of drug-likeness (QED) is 0.738. The average molecular weight is 278 g/mol. The molecule has 0 aliphatic carbocycles. The first-order valence-electron chi connectivity index (χ1n) is 5.60. The standard InChI is InChI=1S/C13H9ClFN3O/c14-11-2-1-7-18-13(11)16-12(17-18)8-19-10-5-3-9(15)4-6-10/h1-7H,8H2. The third-order valence-corrected chi connectivity index (χ3v) is 2.84. The first-order valence-corrected chi connectivity index (χ1v) is 5.98. The fourth-order valence-corrected chi connectivity index (χ4v) is 1.86. The van der Waals surface area contributed by atoms with Crippen molar-refractivity contribution in [2.45, 2.75) is 6.61 Å². The molecule has 0 unspecified atom stereocenters. The summed E-state index contributed by atoms with van der Waals surface area (Å²) in [5, 5.41) is 4.76. The van der Waals surface area contributed by atoms with E-state index < -0.39 is 0 Å². The van der Waals surface area contributed by atoms with E-state index in [1.54, 1.807) is 35.0 Å². The number of pyridine rings is 1. The van der Waals surface area contributed by atoms with Crippen LogP contribution < -0.4 is 4.74 Å². The Morgan fingerprint density at radius 1 is 1.21 bits per heavy atom. The highest BCUT2D eigenvalue weighted by Crippen LogP contribution is 2.16.